The van der Waals surface area contributed by atoms with Gasteiger partial charge in [0.05, 0.1) is 10.6 Å². The molecule has 0 aromatic heterocycles. The zero-order valence-electron chi connectivity index (χ0n) is 11.2. The molecule has 1 saturated heterocycles. The van der Waals surface area contributed by atoms with Crippen molar-refractivity contribution in [3.8, 4) is 0 Å². The highest BCUT2D eigenvalue weighted by atomic mass is 35.5. The number of hydrogen-bond donors (Lipinski definition) is 1. The van der Waals surface area contributed by atoms with Gasteiger partial charge in [0.1, 0.15) is 0 Å². The predicted octanol–water partition coefficient (Wildman–Crippen LogP) is 3.35. The highest BCUT2D eigenvalue weighted by Gasteiger charge is 2.35. The smallest absolute Gasteiger partial charge is 0.255 e. The molecular weight excluding hydrogens is 295 g/mol. The number of nitrogens with zero attached hydrogens (tertiary/aromatic N) is 1. The lowest BCUT2D eigenvalue weighted by Gasteiger charge is -2.26. The molecule has 0 radical (unpaired) electrons. The van der Waals surface area contributed by atoms with Gasteiger partial charge in [-0.1, -0.05) is 23.2 Å². The fourth-order valence-electron chi connectivity index (χ4n) is 2.75. The molecule has 1 amide bonds. The third-order valence-electron chi connectivity index (χ3n) is 3.99. The van der Waals surface area contributed by atoms with E-state index < -0.39 is 0 Å². The van der Waals surface area contributed by atoms with Gasteiger partial charge in [-0.2, -0.15) is 0 Å². The van der Waals surface area contributed by atoms with Gasteiger partial charge in [0.25, 0.3) is 5.91 Å². The molecule has 2 fully saturated rings. The second kappa shape index (κ2) is 5.92. The maximum atomic E-state index is 12.7. The van der Waals surface area contributed by atoms with Crippen LogP contribution in [-0.2, 0) is 0 Å². The first kappa shape index (κ1) is 14.2. The Bertz CT molecular complexity index is 511. The zero-order valence-corrected chi connectivity index (χ0v) is 12.8. The van der Waals surface area contributed by atoms with Crippen LogP contribution in [0.3, 0.4) is 0 Å². The largest absolute Gasteiger partial charge is 0.334 e. The van der Waals surface area contributed by atoms with E-state index in [0.717, 1.165) is 32.4 Å². The van der Waals surface area contributed by atoms with E-state index in [1.807, 2.05) is 4.90 Å². The molecule has 3 rings (SSSR count). The SMILES string of the molecule is O=C(c1ccc(Cl)cc1Cl)N(CC1CCCN1)C1CC1. The third kappa shape index (κ3) is 3.11. The number of carbonyl (C=O) groups excluding carboxylic acids is 1. The lowest BCUT2D eigenvalue weighted by atomic mass is 10.1. The number of nitrogens with one attached hydrogen (secondary N) is 1. The van der Waals surface area contributed by atoms with Crippen LogP contribution in [0.4, 0.5) is 0 Å². The van der Waals surface area contributed by atoms with Crippen LogP contribution in [0.15, 0.2) is 18.2 Å². The minimum absolute atomic E-state index is 0.0304. The van der Waals surface area contributed by atoms with Gasteiger partial charge in [-0.15, -0.1) is 0 Å². The van der Waals surface area contributed by atoms with E-state index in [-0.39, 0.29) is 5.91 Å². The van der Waals surface area contributed by atoms with Crippen LogP contribution in [0.25, 0.3) is 0 Å². The molecule has 0 spiro atoms. The standard InChI is InChI=1S/C15H18Cl2N2O/c16-10-3-6-13(14(17)8-10)15(20)19(12-4-5-12)9-11-2-1-7-18-11/h3,6,8,11-12,18H,1-2,4-5,7,9H2. The summed E-state index contributed by atoms with van der Waals surface area (Å²) in [5, 5.41) is 4.45. The van der Waals surface area contributed by atoms with Crippen LogP contribution in [0.2, 0.25) is 10.0 Å². The van der Waals surface area contributed by atoms with E-state index in [4.69, 9.17) is 23.2 Å². The minimum atomic E-state index is 0.0304. The molecule has 0 bridgehead atoms. The van der Waals surface area contributed by atoms with E-state index in [1.54, 1.807) is 18.2 Å². The minimum Gasteiger partial charge on any atom is -0.334 e. The van der Waals surface area contributed by atoms with Crippen LogP contribution in [0.5, 0.6) is 0 Å². The molecule has 108 valence electrons. The second-order valence-corrected chi connectivity index (χ2v) is 6.45. The van der Waals surface area contributed by atoms with E-state index in [9.17, 15) is 4.79 Å². The number of carbonyl (C=O) groups is 1. The predicted molar refractivity (Wildman–Crippen MR) is 81.5 cm³/mol. The number of hydrogen-bond acceptors (Lipinski definition) is 2. The Labute approximate surface area is 129 Å². The van der Waals surface area contributed by atoms with Gasteiger partial charge in [-0.3, -0.25) is 4.79 Å². The Balaban J connectivity index is 1.77. The van der Waals surface area contributed by atoms with Crippen LogP contribution in [-0.4, -0.2) is 36.0 Å². The van der Waals surface area contributed by atoms with Crippen molar-refractivity contribution in [1.29, 1.82) is 0 Å². The van der Waals surface area contributed by atoms with Gasteiger partial charge in [0.2, 0.25) is 0 Å². The highest BCUT2D eigenvalue weighted by Crippen LogP contribution is 2.31. The van der Waals surface area contributed by atoms with Crippen molar-refractivity contribution >= 4 is 29.1 Å². The Morgan fingerprint density at radius 2 is 2.10 bits per heavy atom. The number of amides is 1. The molecule has 20 heavy (non-hydrogen) atoms. The summed E-state index contributed by atoms with van der Waals surface area (Å²) in [5.74, 6) is 0.0304. The third-order valence-corrected chi connectivity index (χ3v) is 4.54. The summed E-state index contributed by atoms with van der Waals surface area (Å²) in [6.07, 6.45) is 4.54. The first-order valence-corrected chi connectivity index (χ1v) is 7.90. The molecule has 1 aliphatic carbocycles. The van der Waals surface area contributed by atoms with Crippen molar-refractivity contribution in [2.75, 3.05) is 13.1 Å². The highest BCUT2D eigenvalue weighted by molar-refractivity contribution is 6.36. The molecule has 2 aliphatic rings. The van der Waals surface area contributed by atoms with Gasteiger partial charge in [-0.05, 0) is 50.4 Å². The Kier molecular flexibility index (Phi) is 4.20. The molecule has 1 N–H and O–H groups in total. The van der Waals surface area contributed by atoms with E-state index >= 15 is 0 Å². The van der Waals surface area contributed by atoms with Crippen molar-refractivity contribution in [1.82, 2.24) is 10.2 Å². The Morgan fingerprint density at radius 1 is 1.30 bits per heavy atom. The quantitative estimate of drug-likeness (QED) is 0.924. The van der Waals surface area contributed by atoms with E-state index in [1.165, 1.54) is 6.42 Å². The van der Waals surface area contributed by atoms with Crippen molar-refractivity contribution < 1.29 is 4.79 Å². The van der Waals surface area contributed by atoms with Crippen molar-refractivity contribution in [3.63, 3.8) is 0 Å². The fraction of sp³-hybridized carbons (Fsp3) is 0.533. The lowest BCUT2D eigenvalue weighted by Crippen LogP contribution is -2.42. The molecule has 1 aromatic carbocycles. The first-order chi connectivity index (χ1) is 9.65. The molecule has 1 aromatic rings. The van der Waals surface area contributed by atoms with Crippen LogP contribution >= 0.6 is 23.2 Å². The van der Waals surface area contributed by atoms with Crippen molar-refractivity contribution in [2.45, 2.75) is 37.8 Å². The molecule has 3 nitrogen and oxygen atoms in total. The monoisotopic (exact) mass is 312 g/mol. The molecule has 1 heterocycles. The van der Waals surface area contributed by atoms with Crippen LogP contribution in [0, 0.1) is 0 Å². The van der Waals surface area contributed by atoms with Crippen molar-refractivity contribution in [2.24, 2.45) is 0 Å². The zero-order chi connectivity index (χ0) is 14.1. The summed E-state index contributed by atoms with van der Waals surface area (Å²) in [7, 11) is 0. The molecule has 1 unspecified atom stereocenters. The van der Waals surface area contributed by atoms with Gasteiger partial charge in [0, 0.05) is 23.7 Å². The van der Waals surface area contributed by atoms with Crippen LogP contribution in [0.1, 0.15) is 36.0 Å². The Hall–Kier alpha value is -0.770. The normalized spacial score (nSPS) is 22.0. The molecular formula is C15H18Cl2N2O. The summed E-state index contributed by atoms with van der Waals surface area (Å²) in [4.78, 5) is 14.7. The van der Waals surface area contributed by atoms with Crippen LogP contribution < -0.4 is 5.32 Å². The topological polar surface area (TPSA) is 32.3 Å². The first-order valence-electron chi connectivity index (χ1n) is 7.14. The van der Waals surface area contributed by atoms with E-state index in [0.29, 0.717) is 27.7 Å². The second-order valence-electron chi connectivity index (χ2n) is 5.61. The van der Waals surface area contributed by atoms with E-state index in [2.05, 4.69) is 5.32 Å². The summed E-state index contributed by atoms with van der Waals surface area (Å²) in [6.45, 7) is 1.83. The van der Waals surface area contributed by atoms with Gasteiger partial charge >= 0.3 is 0 Å². The molecule has 5 heteroatoms. The Morgan fingerprint density at radius 3 is 2.70 bits per heavy atom. The number of benzene rings is 1. The number of halogens is 2. The van der Waals surface area contributed by atoms with Gasteiger partial charge in [0.15, 0.2) is 0 Å². The average molecular weight is 313 g/mol. The summed E-state index contributed by atoms with van der Waals surface area (Å²) in [5.41, 5.74) is 0.556. The summed E-state index contributed by atoms with van der Waals surface area (Å²) in [6, 6.07) is 5.89. The molecule has 1 aliphatic heterocycles. The number of rotatable bonds is 4. The fourth-order valence-corrected chi connectivity index (χ4v) is 3.24. The summed E-state index contributed by atoms with van der Waals surface area (Å²) < 4.78 is 0. The maximum Gasteiger partial charge on any atom is 0.255 e. The average Bonchev–Trinajstić information content (AvgIpc) is 3.12. The maximum absolute atomic E-state index is 12.7. The van der Waals surface area contributed by atoms with Gasteiger partial charge < -0.3 is 10.2 Å². The molecule has 1 saturated carbocycles. The molecule has 1 atom stereocenters. The lowest BCUT2D eigenvalue weighted by molar-refractivity contribution is 0.0729. The van der Waals surface area contributed by atoms with Crippen molar-refractivity contribution in [3.05, 3.63) is 33.8 Å². The van der Waals surface area contributed by atoms with Gasteiger partial charge in [-0.25, -0.2) is 0 Å². The summed E-state index contributed by atoms with van der Waals surface area (Å²) >= 11 is 12.1.